The van der Waals surface area contributed by atoms with Gasteiger partial charge in [-0.25, -0.2) is 0 Å². The standard InChI is InChI=1S/C10H14BBrOS/c11-9-6-8(12)10(14-9)13-7-4-2-1-3-5-7/h6-7H,1-5,11H2. The highest BCUT2D eigenvalue weighted by molar-refractivity contribution is 9.10. The van der Waals surface area contributed by atoms with Crippen molar-refractivity contribution in [1.82, 2.24) is 0 Å². The molecule has 0 N–H and O–H groups in total. The molecule has 1 aliphatic carbocycles. The maximum atomic E-state index is 5.98. The van der Waals surface area contributed by atoms with Crippen LogP contribution >= 0.6 is 27.3 Å². The third-order valence-electron chi connectivity index (χ3n) is 2.60. The van der Waals surface area contributed by atoms with E-state index in [1.807, 2.05) is 0 Å². The fourth-order valence-electron chi connectivity index (χ4n) is 1.88. The summed E-state index contributed by atoms with van der Waals surface area (Å²) in [7, 11) is 2.11. The third-order valence-corrected chi connectivity index (χ3v) is 4.40. The first-order valence-corrected chi connectivity index (χ1v) is 6.79. The molecular weight excluding hydrogens is 259 g/mol. The Morgan fingerprint density at radius 3 is 2.64 bits per heavy atom. The first-order valence-electron chi connectivity index (χ1n) is 5.18. The van der Waals surface area contributed by atoms with Gasteiger partial charge in [-0.05, 0) is 52.5 Å². The number of halogens is 1. The van der Waals surface area contributed by atoms with E-state index in [0.29, 0.717) is 6.10 Å². The molecule has 76 valence electrons. The van der Waals surface area contributed by atoms with E-state index in [4.69, 9.17) is 4.74 Å². The van der Waals surface area contributed by atoms with Crippen LogP contribution in [0.4, 0.5) is 0 Å². The van der Waals surface area contributed by atoms with Crippen molar-refractivity contribution in [2.75, 3.05) is 0 Å². The van der Waals surface area contributed by atoms with Crippen LogP contribution in [-0.2, 0) is 0 Å². The number of hydrogen-bond donors (Lipinski definition) is 0. The van der Waals surface area contributed by atoms with Crippen LogP contribution in [0, 0.1) is 0 Å². The maximum absolute atomic E-state index is 5.98. The summed E-state index contributed by atoms with van der Waals surface area (Å²) < 4.78 is 8.40. The molecule has 0 atom stereocenters. The minimum absolute atomic E-state index is 0.457. The first kappa shape index (κ1) is 10.6. The average Bonchev–Trinajstić information content (AvgIpc) is 2.47. The van der Waals surface area contributed by atoms with E-state index in [0.717, 1.165) is 9.54 Å². The SMILES string of the molecule is Bc1cc(Br)c(OC2CCCCC2)s1. The molecule has 0 amide bonds. The Morgan fingerprint density at radius 1 is 1.36 bits per heavy atom. The van der Waals surface area contributed by atoms with E-state index >= 15 is 0 Å². The zero-order chi connectivity index (χ0) is 9.97. The molecule has 0 unspecified atom stereocenters. The smallest absolute Gasteiger partial charge is 0.187 e. The van der Waals surface area contributed by atoms with E-state index in [9.17, 15) is 0 Å². The lowest BCUT2D eigenvalue weighted by atomic mass is 9.98. The Kier molecular flexibility index (Phi) is 3.55. The van der Waals surface area contributed by atoms with Gasteiger partial charge in [-0.3, -0.25) is 0 Å². The molecule has 1 nitrogen and oxygen atoms in total. The van der Waals surface area contributed by atoms with Crippen LogP contribution in [0.25, 0.3) is 0 Å². The molecule has 1 aromatic rings. The van der Waals surface area contributed by atoms with Gasteiger partial charge >= 0.3 is 0 Å². The van der Waals surface area contributed by atoms with Gasteiger partial charge in [0, 0.05) is 0 Å². The van der Waals surface area contributed by atoms with Gasteiger partial charge in [0.15, 0.2) is 12.9 Å². The number of hydrogen-bond acceptors (Lipinski definition) is 2. The predicted octanol–water partition coefficient (Wildman–Crippen LogP) is 2.48. The average molecular weight is 273 g/mol. The van der Waals surface area contributed by atoms with E-state index in [2.05, 4.69) is 29.8 Å². The number of rotatable bonds is 2. The minimum atomic E-state index is 0.457. The van der Waals surface area contributed by atoms with Gasteiger partial charge < -0.3 is 4.74 Å². The van der Waals surface area contributed by atoms with Crippen LogP contribution in [0.5, 0.6) is 5.06 Å². The van der Waals surface area contributed by atoms with E-state index in [1.165, 1.54) is 36.9 Å². The quantitative estimate of drug-likeness (QED) is 0.752. The lowest BCUT2D eigenvalue weighted by Gasteiger charge is -2.22. The molecule has 1 aliphatic rings. The Bertz CT molecular complexity index is 307. The maximum Gasteiger partial charge on any atom is 0.187 e. The summed E-state index contributed by atoms with van der Waals surface area (Å²) in [5.74, 6) is 0. The van der Waals surface area contributed by atoms with Crippen molar-refractivity contribution in [2.24, 2.45) is 0 Å². The molecular formula is C10H14BBrOS. The van der Waals surface area contributed by atoms with Crippen LogP contribution in [0.3, 0.4) is 0 Å². The van der Waals surface area contributed by atoms with E-state index in [1.54, 1.807) is 11.3 Å². The molecule has 0 radical (unpaired) electrons. The van der Waals surface area contributed by atoms with Gasteiger partial charge in [-0.2, -0.15) is 0 Å². The van der Waals surface area contributed by atoms with Crippen molar-refractivity contribution in [2.45, 2.75) is 38.2 Å². The molecule has 2 rings (SSSR count). The van der Waals surface area contributed by atoms with Crippen molar-refractivity contribution in [3.8, 4) is 5.06 Å². The third kappa shape index (κ3) is 2.54. The Morgan fingerprint density at radius 2 is 2.07 bits per heavy atom. The lowest BCUT2D eigenvalue weighted by molar-refractivity contribution is 0.159. The van der Waals surface area contributed by atoms with Gasteiger partial charge in [0.25, 0.3) is 0 Å². The summed E-state index contributed by atoms with van der Waals surface area (Å²) in [6.07, 6.45) is 6.94. The van der Waals surface area contributed by atoms with Crippen LogP contribution in [0.1, 0.15) is 32.1 Å². The number of thiophene rings is 1. The molecule has 4 heteroatoms. The summed E-state index contributed by atoms with van der Waals surface area (Å²) in [5.41, 5.74) is 0. The van der Waals surface area contributed by atoms with E-state index in [-0.39, 0.29) is 0 Å². The van der Waals surface area contributed by atoms with Crippen molar-refractivity contribution in [3.05, 3.63) is 10.5 Å². The van der Waals surface area contributed by atoms with E-state index < -0.39 is 0 Å². The molecule has 0 aromatic carbocycles. The molecule has 14 heavy (non-hydrogen) atoms. The molecule has 0 spiro atoms. The summed E-state index contributed by atoms with van der Waals surface area (Å²) in [6, 6.07) is 2.13. The first-order chi connectivity index (χ1) is 6.75. The minimum Gasteiger partial charge on any atom is -0.480 e. The monoisotopic (exact) mass is 272 g/mol. The van der Waals surface area contributed by atoms with Gasteiger partial charge in [0.05, 0.1) is 10.6 Å². The Hall–Kier alpha value is 0.0449. The highest BCUT2D eigenvalue weighted by atomic mass is 79.9. The summed E-state index contributed by atoms with van der Waals surface area (Å²) in [5, 5.41) is 1.06. The van der Waals surface area contributed by atoms with Crippen molar-refractivity contribution < 1.29 is 4.74 Å². The van der Waals surface area contributed by atoms with Gasteiger partial charge in [0.1, 0.15) is 0 Å². The second-order valence-corrected chi connectivity index (χ2v) is 5.94. The Balaban J connectivity index is 1.98. The molecule has 1 heterocycles. The normalized spacial score (nSPS) is 18.4. The highest BCUT2D eigenvalue weighted by Crippen LogP contribution is 2.32. The van der Waals surface area contributed by atoms with Gasteiger partial charge in [-0.1, -0.05) is 6.42 Å². The fourth-order valence-corrected chi connectivity index (χ4v) is 3.52. The largest absolute Gasteiger partial charge is 0.480 e. The molecule has 0 bridgehead atoms. The van der Waals surface area contributed by atoms with Gasteiger partial charge in [0.2, 0.25) is 0 Å². The van der Waals surface area contributed by atoms with Crippen LogP contribution < -0.4 is 9.51 Å². The zero-order valence-electron chi connectivity index (χ0n) is 8.38. The van der Waals surface area contributed by atoms with Crippen LogP contribution in [-0.4, -0.2) is 14.0 Å². The molecule has 0 saturated heterocycles. The highest BCUT2D eigenvalue weighted by Gasteiger charge is 2.17. The molecule has 1 aromatic heterocycles. The summed E-state index contributed by atoms with van der Waals surface area (Å²) >= 11 is 5.27. The zero-order valence-corrected chi connectivity index (χ0v) is 10.8. The van der Waals surface area contributed by atoms with Crippen LogP contribution in [0.2, 0.25) is 0 Å². The molecule has 1 saturated carbocycles. The predicted molar refractivity (Wildman–Crippen MR) is 67.7 cm³/mol. The molecule has 0 aliphatic heterocycles. The lowest BCUT2D eigenvalue weighted by Crippen LogP contribution is -2.19. The topological polar surface area (TPSA) is 9.23 Å². The van der Waals surface area contributed by atoms with Crippen molar-refractivity contribution in [3.63, 3.8) is 0 Å². The second-order valence-electron chi connectivity index (χ2n) is 3.87. The van der Waals surface area contributed by atoms with Crippen LogP contribution in [0.15, 0.2) is 10.5 Å². The second kappa shape index (κ2) is 4.71. The summed E-state index contributed by atoms with van der Waals surface area (Å²) in [6.45, 7) is 0. The van der Waals surface area contributed by atoms with Crippen molar-refractivity contribution in [1.29, 1.82) is 0 Å². The number of ether oxygens (including phenoxy) is 1. The fraction of sp³-hybridized carbons (Fsp3) is 0.600. The Labute approximate surface area is 98.4 Å². The summed E-state index contributed by atoms with van der Waals surface area (Å²) in [4.78, 5) is 0. The molecule has 1 fully saturated rings. The van der Waals surface area contributed by atoms with Gasteiger partial charge in [-0.15, -0.1) is 11.3 Å². The van der Waals surface area contributed by atoms with Crippen molar-refractivity contribution >= 4 is 39.9 Å².